The number of rotatable bonds is 6. The zero-order valence-electron chi connectivity index (χ0n) is 16.1. The smallest absolute Gasteiger partial charge is 0.312 e. The van der Waals surface area contributed by atoms with Crippen LogP contribution in [0.2, 0.25) is 0 Å². The Hall–Kier alpha value is -0.960. The van der Waals surface area contributed by atoms with Gasteiger partial charge in [0.25, 0.3) is 10.0 Å². The molecule has 3 heterocycles. The Morgan fingerprint density at radius 3 is 2.63 bits per heavy atom. The van der Waals surface area contributed by atoms with Gasteiger partial charge in [-0.15, -0.1) is 11.3 Å². The summed E-state index contributed by atoms with van der Waals surface area (Å²) in [6.45, 7) is 5.46. The van der Waals surface area contributed by atoms with Gasteiger partial charge in [0.1, 0.15) is 4.21 Å². The van der Waals surface area contributed by atoms with E-state index < -0.39 is 15.4 Å². The first-order chi connectivity index (χ1) is 12.9. The maximum atomic E-state index is 12.9. The minimum absolute atomic E-state index is 0.0614. The highest BCUT2D eigenvalue weighted by Crippen LogP contribution is 2.41. The molecule has 0 aliphatic carbocycles. The number of carbonyl (C=O) groups is 1. The summed E-state index contributed by atoms with van der Waals surface area (Å²) in [5.41, 5.74) is -0.643. The molecule has 0 unspecified atom stereocenters. The quantitative estimate of drug-likeness (QED) is 0.666. The topological polar surface area (TPSA) is 72.9 Å². The SMILES string of the molecule is CCOC(=O)C1(C[C@H]2CCCCO2)CCN(S(=O)(=O)c2ccc(C)s2)CC1. The molecule has 27 heavy (non-hydrogen) atoms. The maximum absolute atomic E-state index is 12.9. The van der Waals surface area contributed by atoms with E-state index in [0.717, 1.165) is 30.7 Å². The number of nitrogens with zero attached hydrogens (tertiary/aromatic N) is 1. The summed E-state index contributed by atoms with van der Waals surface area (Å²) in [6, 6.07) is 3.49. The Balaban J connectivity index is 1.73. The molecule has 3 rings (SSSR count). The molecule has 0 aromatic carbocycles. The highest BCUT2D eigenvalue weighted by molar-refractivity contribution is 7.91. The lowest BCUT2D eigenvalue weighted by atomic mass is 9.73. The van der Waals surface area contributed by atoms with Crippen LogP contribution >= 0.6 is 11.3 Å². The molecule has 0 saturated carbocycles. The second-order valence-corrected chi connectivity index (χ2v) is 10.9. The van der Waals surface area contributed by atoms with E-state index >= 15 is 0 Å². The number of hydrogen-bond acceptors (Lipinski definition) is 6. The van der Waals surface area contributed by atoms with Gasteiger partial charge in [-0.25, -0.2) is 8.42 Å². The van der Waals surface area contributed by atoms with Gasteiger partial charge in [0, 0.05) is 24.6 Å². The van der Waals surface area contributed by atoms with Crippen molar-refractivity contribution in [3.8, 4) is 0 Å². The summed E-state index contributed by atoms with van der Waals surface area (Å²) < 4.78 is 38.9. The monoisotopic (exact) mass is 415 g/mol. The standard InChI is InChI=1S/C19H29NO5S2/c1-3-24-18(21)19(14-16-6-4-5-13-25-16)9-11-20(12-10-19)27(22,23)17-8-7-15(2)26-17/h7-8,16H,3-6,9-14H2,1-2H3/t16-/m1/s1. The molecule has 1 aromatic rings. The second kappa shape index (κ2) is 8.59. The van der Waals surface area contributed by atoms with Crippen molar-refractivity contribution in [2.45, 2.75) is 62.7 Å². The van der Waals surface area contributed by atoms with E-state index in [4.69, 9.17) is 9.47 Å². The second-order valence-electron chi connectivity index (χ2n) is 7.46. The Bertz CT molecular complexity index is 744. The Morgan fingerprint density at radius 2 is 2.07 bits per heavy atom. The van der Waals surface area contributed by atoms with Crippen molar-refractivity contribution in [3.05, 3.63) is 17.0 Å². The van der Waals surface area contributed by atoms with Gasteiger partial charge in [-0.1, -0.05) is 0 Å². The molecule has 2 aliphatic heterocycles. The molecule has 1 aromatic heterocycles. The van der Waals surface area contributed by atoms with Gasteiger partial charge in [0.2, 0.25) is 0 Å². The summed E-state index contributed by atoms with van der Waals surface area (Å²) in [5.74, 6) is -0.205. The highest BCUT2D eigenvalue weighted by Gasteiger charge is 2.46. The number of sulfonamides is 1. The first kappa shape index (κ1) is 20.8. The van der Waals surface area contributed by atoms with E-state index in [1.165, 1.54) is 15.6 Å². The molecule has 0 bridgehead atoms. The third-order valence-corrected chi connectivity index (χ3v) is 8.96. The van der Waals surface area contributed by atoms with Crippen LogP contribution in [0.1, 0.15) is 50.3 Å². The van der Waals surface area contributed by atoms with Gasteiger partial charge < -0.3 is 9.47 Å². The van der Waals surface area contributed by atoms with E-state index in [1.807, 2.05) is 13.0 Å². The van der Waals surface area contributed by atoms with Crippen LogP contribution in [0.25, 0.3) is 0 Å². The fraction of sp³-hybridized carbons (Fsp3) is 0.737. The lowest BCUT2D eigenvalue weighted by molar-refractivity contribution is -0.162. The Kier molecular flexibility index (Phi) is 6.61. The number of hydrogen-bond donors (Lipinski definition) is 0. The minimum Gasteiger partial charge on any atom is -0.466 e. The maximum Gasteiger partial charge on any atom is 0.312 e. The van der Waals surface area contributed by atoms with Crippen LogP contribution in [0.5, 0.6) is 0 Å². The largest absolute Gasteiger partial charge is 0.466 e. The van der Waals surface area contributed by atoms with Gasteiger partial charge in [-0.05, 0) is 64.5 Å². The van der Waals surface area contributed by atoms with Crippen LogP contribution in [0.4, 0.5) is 0 Å². The van der Waals surface area contributed by atoms with E-state index in [2.05, 4.69) is 0 Å². The number of aryl methyl sites for hydroxylation is 1. The lowest BCUT2D eigenvalue weighted by Gasteiger charge is -2.41. The highest BCUT2D eigenvalue weighted by atomic mass is 32.2. The van der Waals surface area contributed by atoms with Crippen LogP contribution < -0.4 is 0 Å². The summed E-state index contributed by atoms with van der Waals surface area (Å²) in [7, 11) is -3.49. The van der Waals surface area contributed by atoms with E-state index in [1.54, 1.807) is 13.0 Å². The molecule has 0 amide bonds. The zero-order valence-corrected chi connectivity index (χ0v) is 17.7. The van der Waals surface area contributed by atoms with E-state index in [0.29, 0.717) is 43.2 Å². The molecule has 0 radical (unpaired) electrons. The van der Waals surface area contributed by atoms with Crippen LogP contribution in [0, 0.1) is 12.3 Å². The molecule has 1 atom stereocenters. The molecular formula is C19H29NO5S2. The molecule has 0 N–H and O–H groups in total. The molecule has 2 aliphatic rings. The van der Waals surface area contributed by atoms with Gasteiger partial charge in [0.15, 0.2) is 0 Å². The van der Waals surface area contributed by atoms with E-state index in [-0.39, 0.29) is 12.1 Å². The van der Waals surface area contributed by atoms with Crippen molar-refractivity contribution < 1.29 is 22.7 Å². The number of carbonyl (C=O) groups excluding carboxylic acids is 1. The fourth-order valence-corrected chi connectivity index (χ4v) is 6.89. The van der Waals surface area contributed by atoms with Crippen molar-refractivity contribution in [2.75, 3.05) is 26.3 Å². The zero-order chi connectivity index (χ0) is 19.5. The Labute approximate surface area is 165 Å². The molecule has 152 valence electrons. The summed E-state index contributed by atoms with van der Waals surface area (Å²) in [4.78, 5) is 13.8. The van der Waals surface area contributed by atoms with Crippen molar-refractivity contribution >= 4 is 27.3 Å². The predicted octanol–water partition coefficient (Wildman–Crippen LogP) is 3.35. The Morgan fingerprint density at radius 1 is 1.33 bits per heavy atom. The third kappa shape index (κ3) is 4.55. The van der Waals surface area contributed by atoms with Crippen LogP contribution in [0.15, 0.2) is 16.3 Å². The van der Waals surface area contributed by atoms with Crippen LogP contribution in [-0.2, 0) is 24.3 Å². The lowest BCUT2D eigenvalue weighted by Crippen LogP contribution is -2.48. The van der Waals surface area contributed by atoms with Gasteiger partial charge in [-0.2, -0.15) is 4.31 Å². The van der Waals surface area contributed by atoms with Crippen LogP contribution in [-0.4, -0.2) is 51.1 Å². The average molecular weight is 416 g/mol. The summed E-state index contributed by atoms with van der Waals surface area (Å²) in [5, 5.41) is 0. The van der Waals surface area contributed by atoms with Gasteiger partial charge >= 0.3 is 5.97 Å². The van der Waals surface area contributed by atoms with Crippen molar-refractivity contribution in [1.29, 1.82) is 0 Å². The molecule has 2 fully saturated rings. The van der Waals surface area contributed by atoms with E-state index in [9.17, 15) is 13.2 Å². The average Bonchev–Trinajstić information content (AvgIpc) is 3.10. The van der Waals surface area contributed by atoms with Gasteiger partial charge in [-0.3, -0.25) is 4.79 Å². The third-order valence-electron chi connectivity index (χ3n) is 5.59. The van der Waals surface area contributed by atoms with Crippen molar-refractivity contribution in [2.24, 2.45) is 5.41 Å². The molecular weight excluding hydrogens is 386 g/mol. The van der Waals surface area contributed by atoms with Gasteiger partial charge in [0.05, 0.1) is 18.1 Å². The number of ether oxygens (including phenoxy) is 2. The summed E-state index contributed by atoms with van der Waals surface area (Å²) in [6.07, 6.45) is 4.78. The van der Waals surface area contributed by atoms with Crippen molar-refractivity contribution in [1.82, 2.24) is 4.31 Å². The first-order valence-electron chi connectivity index (χ1n) is 9.73. The number of esters is 1. The first-order valence-corrected chi connectivity index (χ1v) is 12.0. The number of piperidine rings is 1. The minimum atomic E-state index is -3.49. The summed E-state index contributed by atoms with van der Waals surface area (Å²) >= 11 is 1.29. The van der Waals surface area contributed by atoms with Crippen molar-refractivity contribution in [3.63, 3.8) is 0 Å². The normalized spacial score (nSPS) is 23.9. The predicted molar refractivity (Wildman–Crippen MR) is 104 cm³/mol. The molecule has 8 heteroatoms. The molecule has 6 nitrogen and oxygen atoms in total. The van der Waals surface area contributed by atoms with Crippen LogP contribution in [0.3, 0.4) is 0 Å². The molecule has 2 saturated heterocycles. The molecule has 0 spiro atoms. The number of thiophene rings is 1. The fourth-order valence-electron chi connectivity index (χ4n) is 4.01.